The summed E-state index contributed by atoms with van der Waals surface area (Å²) in [5.41, 5.74) is 5.92. The van der Waals surface area contributed by atoms with E-state index in [9.17, 15) is 8.42 Å². The van der Waals surface area contributed by atoms with Crippen molar-refractivity contribution in [2.45, 2.75) is 24.8 Å². The molecule has 2 aromatic carbocycles. The van der Waals surface area contributed by atoms with E-state index < -0.39 is 10.0 Å². The van der Waals surface area contributed by atoms with Crippen LogP contribution in [0.2, 0.25) is 0 Å². The van der Waals surface area contributed by atoms with Gasteiger partial charge in [0.25, 0.3) is 10.0 Å². The topological polar surface area (TPSA) is 77.3 Å². The molecule has 170 valence electrons. The zero-order chi connectivity index (χ0) is 23.3. The first-order valence-corrected chi connectivity index (χ1v) is 13.0. The van der Waals surface area contributed by atoms with Crippen LogP contribution < -0.4 is 4.74 Å². The monoisotopic (exact) mass is 574 g/mol. The second-order valence-corrected chi connectivity index (χ2v) is 11.3. The summed E-state index contributed by atoms with van der Waals surface area (Å²) >= 11 is 2.11. The molecule has 1 aliphatic rings. The molecule has 0 aliphatic carbocycles. The fourth-order valence-corrected chi connectivity index (χ4v) is 6.31. The molecule has 33 heavy (non-hydrogen) atoms. The van der Waals surface area contributed by atoms with Crippen LogP contribution in [-0.4, -0.2) is 48.0 Å². The molecule has 0 amide bonds. The minimum Gasteiger partial charge on any atom is -0.496 e. The number of hydrogen-bond donors (Lipinski definition) is 0. The summed E-state index contributed by atoms with van der Waals surface area (Å²) in [5.74, 6) is 0.838. The first-order valence-electron chi connectivity index (χ1n) is 10.5. The van der Waals surface area contributed by atoms with Gasteiger partial charge < -0.3 is 9.64 Å². The molecule has 0 N–H and O–H groups in total. The van der Waals surface area contributed by atoms with E-state index in [0.717, 1.165) is 40.0 Å². The van der Waals surface area contributed by atoms with Crippen molar-refractivity contribution in [1.29, 1.82) is 0 Å². The zero-order valence-electron chi connectivity index (χ0n) is 18.5. The van der Waals surface area contributed by atoms with Crippen LogP contribution in [0.5, 0.6) is 5.75 Å². The third-order valence-corrected chi connectivity index (χ3v) is 8.46. The van der Waals surface area contributed by atoms with Gasteiger partial charge in [-0.15, -0.1) is 0 Å². The molecule has 1 aliphatic heterocycles. The SMILES string of the molecule is COc1cc(-c2cnc3c(n2)c(I)cn3S(=O)(=O)c2ccc(C)cc2)cc2c1CN(C)CC2. The number of rotatable bonds is 4. The Kier molecular flexibility index (Phi) is 5.66. The Hall–Kier alpha value is -2.50. The van der Waals surface area contributed by atoms with Crippen molar-refractivity contribution in [1.82, 2.24) is 18.8 Å². The van der Waals surface area contributed by atoms with Crippen molar-refractivity contribution in [3.05, 3.63) is 69.1 Å². The van der Waals surface area contributed by atoms with Gasteiger partial charge in [-0.05, 0) is 72.8 Å². The summed E-state index contributed by atoms with van der Waals surface area (Å²) in [5, 5.41) is 0. The molecule has 0 radical (unpaired) electrons. The molecule has 0 fully saturated rings. The van der Waals surface area contributed by atoms with Gasteiger partial charge in [0.05, 0.1) is 27.5 Å². The number of benzene rings is 2. The number of aryl methyl sites for hydroxylation is 1. The number of nitrogens with zero attached hydrogens (tertiary/aromatic N) is 4. The highest BCUT2D eigenvalue weighted by atomic mass is 127. The highest BCUT2D eigenvalue weighted by Gasteiger charge is 2.24. The van der Waals surface area contributed by atoms with Crippen LogP contribution in [-0.2, 0) is 23.0 Å². The van der Waals surface area contributed by atoms with E-state index in [0.29, 0.717) is 16.9 Å². The maximum Gasteiger partial charge on any atom is 0.269 e. The molecule has 5 rings (SSSR count). The van der Waals surface area contributed by atoms with Gasteiger partial charge in [0, 0.05) is 30.4 Å². The molecule has 0 saturated heterocycles. The Morgan fingerprint density at radius 2 is 1.91 bits per heavy atom. The average molecular weight is 574 g/mol. The van der Waals surface area contributed by atoms with Crippen LogP contribution in [0.3, 0.4) is 0 Å². The number of ether oxygens (including phenoxy) is 1. The van der Waals surface area contributed by atoms with Crippen LogP contribution in [0.4, 0.5) is 0 Å². The molecule has 4 aromatic rings. The van der Waals surface area contributed by atoms with Gasteiger partial charge in [0.2, 0.25) is 0 Å². The molecule has 2 aromatic heterocycles. The smallest absolute Gasteiger partial charge is 0.269 e. The molecule has 3 heterocycles. The molecular weight excluding hydrogens is 551 g/mol. The highest BCUT2D eigenvalue weighted by molar-refractivity contribution is 14.1. The second-order valence-electron chi connectivity index (χ2n) is 8.32. The first kappa shape index (κ1) is 22.3. The minimum absolute atomic E-state index is 0.219. The van der Waals surface area contributed by atoms with Gasteiger partial charge in [0.1, 0.15) is 11.3 Å². The molecule has 9 heteroatoms. The first-order chi connectivity index (χ1) is 15.8. The lowest BCUT2D eigenvalue weighted by molar-refractivity contribution is 0.302. The maximum atomic E-state index is 13.3. The summed E-state index contributed by atoms with van der Waals surface area (Å²) in [6.07, 6.45) is 4.15. The van der Waals surface area contributed by atoms with Crippen molar-refractivity contribution >= 4 is 43.8 Å². The lowest BCUT2D eigenvalue weighted by atomic mass is 9.95. The Morgan fingerprint density at radius 3 is 2.64 bits per heavy atom. The van der Waals surface area contributed by atoms with Crippen molar-refractivity contribution in [2.24, 2.45) is 0 Å². The Balaban J connectivity index is 1.61. The van der Waals surface area contributed by atoms with Gasteiger partial charge in [-0.2, -0.15) is 0 Å². The van der Waals surface area contributed by atoms with E-state index in [1.807, 2.05) is 13.0 Å². The third-order valence-electron chi connectivity index (χ3n) is 6.00. The van der Waals surface area contributed by atoms with Gasteiger partial charge in [-0.25, -0.2) is 22.4 Å². The molecule has 0 bridgehead atoms. The van der Waals surface area contributed by atoms with E-state index in [1.54, 1.807) is 43.8 Å². The van der Waals surface area contributed by atoms with Crippen LogP contribution >= 0.6 is 22.6 Å². The van der Waals surface area contributed by atoms with Crippen molar-refractivity contribution in [3.63, 3.8) is 0 Å². The van der Waals surface area contributed by atoms with Crippen molar-refractivity contribution in [2.75, 3.05) is 20.7 Å². The standard InChI is InChI=1S/C24H23IN4O3S/c1-15-4-6-18(7-5-15)33(30,31)29-14-20(25)23-24(29)26-12-21(27-23)17-10-16-8-9-28(2)13-19(16)22(11-17)32-3/h4-7,10-12,14H,8-9,13H2,1-3H3. The van der Waals surface area contributed by atoms with E-state index in [2.05, 4.69) is 45.6 Å². The number of aromatic nitrogens is 3. The molecule has 0 spiro atoms. The van der Waals surface area contributed by atoms with Crippen LogP contribution in [0.15, 0.2) is 53.7 Å². The third kappa shape index (κ3) is 3.91. The van der Waals surface area contributed by atoms with E-state index in [-0.39, 0.29) is 4.90 Å². The Labute approximate surface area is 206 Å². The van der Waals surface area contributed by atoms with Gasteiger partial charge >= 0.3 is 0 Å². The number of methoxy groups -OCH3 is 1. The quantitative estimate of drug-likeness (QED) is 0.340. The lowest BCUT2D eigenvalue weighted by Gasteiger charge is -2.27. The number of likely N-dealkylation sites (N-methyl/N-ethyl adjacent to an activating group) is 1. The van der Waals surface area contributed by atoms with Gasteiger partial charge in [-0.3, -0.25) is 0 Å². The summed E-state index contributed by atoms with van der Waals surface area (Å²) in [4.78, 5) is 11.8. The van der Waals surface area contributed by atoms with Gasteiger partial charge in [-0.1, -0.05) is 17.7 Å². The average Bonchev–Trinajstić information content (AvgIpc) is 3.15. The molecule has 0 unspecified atom stereocenters. The summed E-state index contributed by atoms with van der Waals surface area (Å²) in [6, 6.07) is 10.9. The maximum absolute atomic E-state index is 13.3. The second kappa shape index (κ2) is 8.37. The summed E-state index contributed by atoms with van der Waals surface area (Å²) in [7, 11) is 0.00426. The highest BCUT2D eigenvalue weighted by Crippen LogP contribution is 2.34. The van der Waals surface area contributed by atoms with Crippen LogP contribution in [0, 0.1) is 10.5 Å². The van der Waals surface area contributed by atoms with E-state index in [4.69, 9.17) is 9.72 Å². The zero-order valence-corrected chi connectivity index (χ0v) is 21.5. The number of fused-ring (bicyclic) bond motifs is 2. The van der Waals surface area contributed by atoms with Crippen molar-refractivity contribution in [3.8, 4) is 17.0 Å². The minimum atomic E-state index is -3.78. The lowest BCUT2D eigenvalue weighted by Crippen LogP contribution is -2.27. The fourth-order valence-electron chi connectivity index (χ4n) is 4.17. The molecule has 0 atom stereocenters. The summed E-state index contributed by atoms with van der Waals surface area (Å²) in [6.45, 7) is 3.76. The molecule has 7 nitrogen and oxygen atoms in total. The summed E-state index contributed by atoms with van der Waals surface area (Å²) < 4.78 is 34.2. The van der Waals surface area contributed by atoms with Crippen molar-refractivity contribution < 1.29 is 13.2 Å². The normalized spacial score (nSPS) is 14.4. The Bertz CT molecular complexity index is 1460. The molecule has 0 saturated carbocycles. The van der Waals surface area contributed by atoms with E-state index >= 15 is 0 Å². The van der Waals surface area contributed by atoms with Crippen LogP contribution in [0.1, 0.15) is 16.7 Å². The predicted molar refractivity (Wildman–Crippen MR) is 136 cm³/mol. The molecular formula is C24H23IN4O3S. The van der Waals surface area contributed by atoms with Gasteiger partial charge in [0.15, 0.2) is 5.65 Å². The van der Waals surface area contributed by atoms with Crippen LogP contribution in [0.25, 0.3) is 22.4 Å². The Morgan fingerprint density at radius 1 is 1.15 bits per heavy atom. The fraction of sp³-hybridized carbons (Fsp3) is 0.250. The largest absolute Gasteiger partial charge is 0.496 e. The van der Waals surface area contributed by atoms with E-state index in [1.165, 1.54) is 15.1 Å². The number of hydrogen-bond acceptors (Lipinski definition) is 6. The predicted octanol–water partition coefficient (Wildman–Crippen LogP) is 4.24. The number of halogens is 1.